The number of benzene rings is 1. The topological polar surface area (TPSA) is 70.4 Å². The van der Waals surface area contributed by atoms with Gasteiger partial charge in [0.05, 0.1) is 12.3 Å². The third kappa shape index (κ3) is 7.16. The molecule has 0 aliphatic heterocycles. The van der Waals surface area contributed by atoms with E-state index in [9.17, 15) is 4.79 Å². The second-order valence-electron chi connectivity index (χ2n) is 3.15. The fraction of sp³-hybridized carbons (Fsp3) is 0. The van der Waals surface area contributed by atoms with Crippen LogP contribution in [-0.4, -0.2) is 21.2 Å². The van der Waals surface area contributed by atoms with Gasteiger partial charge in [0.2, 0.25) is 0 Å². The Morgan fingerprint density at radius 2 is 1.95 bits per heavy atom. The second-order valence-corrected chi connectivity index (χ2v) is 3.15. The first-order valence-electron chi connectivity index (χ1n) is 5.16. The molecule has 0 fully saturated rings. The predicted octanol–water partition coefficient (Wildman–Crippen LogP) is 2.69. The van der Waals surface area contributed by atoms with Crippen molar-refractivity contribution >= 4 is 5.97 Å². The monoisotopic (exact) mass is 437 g/mol. The van der Waals surface area contributed by atoms with Gasteiger partial charge in [-0.25, -0.2) is 4.79 Å². The number of carboxylic acid groups (broad SMARTS) is 1. The Kier molecular flexibility index (Phi) is 9.01. The number of carbonyl (C=O) groups is 1. The molecule has 0 aliphatic carbocycles. The van der Waals surface area contributed by atoms with Crippen LogP contribution in [0.3, 0.4) is 0 Å². The van der Waals surface area contributed by atoms with Crippen molar-refractivity contribution in [2.45, 2.75) is 0 Å². The van der Waals surface area contributed by atoms with E-state index in [-0.39, 0.29) is 21.1 Å². The summed E-state index contributed by atoms with van der Waals surface area (Å²) in [6.07, 6.45) is 2.90. The average Bonchev–Trinajstić information content (AvgIpc) is 2.41. The average molecular weight is 437 g/mol. The van der Waals surface area contributed by atoms with Crippen molar-refractivity contribution in [2.75, 3.05) is 0 Å². The number of aromatic nitrogens is 1. The number of hydrogen-bond donors (Lipinski definition) is 2. The van der Waals surface area contributed by atoms with E-state index >= 15 is 0 Å². The van der Waals surface area contributed by atoms with Crippen LogP contribution < -0.4 is 0 Å². The molecule has 4 nitrogen and oxygen atoms in total. The molecule has 0 unspecified atom stereocenters. The number of rotatable bonds is 2. The zero-order valence-corrected chi connectivity index (χ0v) is 12.1. The molecule has 0 radical (unpaired) electrons. The fourth-order valence-corrected chi connectivity index (χ4v) is 1.14. The molecule has 0 amide bonds. The van der Waals surface area contributed by atoms with E-state index in [0.29, 0.717) is 12.3 Å². The number of hydrogen-bond acceptors (Lipinski definition) is 3. The summed E-state index contributed by atoms with van der Waals surface area (Å²) in [6.45, 7) is 0. The smallest absolute Gasteiger partial charge is 0.331 e. The van der Waals surface area contributed by atoms with Crippen LogP contribution in [-0.2, 0) is 25.9 Å². The van der Waals surface area contributed by atoms with E-state index in [4.69, 9.17) is 10.2 Å². The summed E-state index contributed by atoms with van der Waals surface area (Å²) in [4.78, 5) is 13.6. The zero-order valence-electron chi connectivity index (χ0n) is 9.84. The van der Waals surface area contributed by atoms with Crippen LogP contribution in [0.4, 0.5) is 0 Å². The van der Waals surface area contributed by atoms with Crippen LogP contribution in [0.25, 0.3) is 11.3 Å². The first kappa shape index (κ1) is 17.1. The van der Waals surface area contributed by atoms with Gasteiger partial charge >= 0.3 is 5.97 Å². The van der Waals surface area contributed by atoms with E-state index in [2.05, 4.69) is 11.1 Å². The van der Waals surface area contributed by atoms with Crippen molar-refractivity contribution in [3.8, 4) is 11.3 Å². The number of pyridine rings is 1. The summed E-state index contributed by atoms with van der Waals surface area (Å²) in [5.41, 5.74) is 2.01. The Morgan fingerprint density at radius 3 is 2.37 bits per heavy atom. The number of aliphatic carboxylic acids is 1. The molecule has 19 heavy (non-hydrogen) atoms. The van der Waals surface area contributed by atoms with E-state index in [1.54, 1.807) is 6.20 Å². The minimum atomic E-state index is -1.14. The van der Waals surface area contributed by atoms with Crippen LogP contribution in [0, 0.1) is 6.07 Å². The van der Waals surface area contributed by atoms with Crippen molar-refractivity contribution in [3.63, 3.8) is 0 Å². The van der Waals surface area contributed by atoms with E-state index < -0.39 is 5.97 Å². The molecular weight excluding hydrogens is 425 g/mol. The summed E-state index contributed by atoms with van der Waals surface area (Å²) >= 11 is 0. The summed E-state index contributed by atoms with van der Waals surface area (Å²) < 4.78 is 0. The Balaban J connectivity index is 0.000000404. The molecule has 1 heterocycles. The normalized spacial score (nSPS) is 9.05. The molecule has 0 spiro atoms. The maximum absolute atomic E-state index is 9.35. The molecule has 2 rings (SSSR count). The molecule has 2 N–H and O–H groups in total. The second kappa shape index (κ2) is 10.0. The molecule has 1 aromatic heterocycles. The number of aliphatic hydroxyl groups excluding tert-OH is 1. The summed E-state index contributed by atoms with van der Waals surface area (Å²) in [7, 11) is 0. The van der Waals surface area contributed by atoms with Crippen molar-refractivity contribution in [3.05, 3.63) is 67.1 Å². The SMILES string of the molecule is O=C(O)/C=C\O.[Pt].[c-]1ccccc1-c1ccccn1. The van der Waals surface area contributed by atoms with Gasteiger partial charge < -0.3 is 15.2 Å². The van der Waals surface area contributed by atoms with E-state index in [1.165, 1.54) is 0 Å². The minimum absolute atomic E-state index is 0. The standard InChI is InChI=1S/C11H8N.C3H4O3.Pt/c1-2-6-10(7-3-1)11-8-4-5-9-12-11;4-2-1-3(5)6;/h1-6,8-9H;1-2,4H,(H,5,6);/q-1;;/b;2-1-;. The van der Waals surface area contributed by atoms with E-state index in [0.717, 1.165) is 11.3 Å². The van der Waals surface area contributed by atoms with Gasteiger partial charge in [-0.1, -0.05) is 12.1 Å². The number of aliphatic hydroxyl groups is 1. The van der Waals surface area contributed by atoms with Gasteiger partial charge in [0.15, 0.2) is 0 Å². The third-order valence-electron chi connectivity index (χ3n) is 1.87. The van der Waals surface area contributed by atoms with Gasteiger partial charge in [-0.15, -0.1) is 35.9 Å². The van der Waals surface area contributed by atoms with Gasteiger partial charge in [-0.3, -0.25) is 0 Å². The summed E-state index contributed by atoms with van der Waals surface area (Å²) in [5.74, 6) is -1.14. The first-order chi connectivity index (χ1) is 8.74. The fourth-order valence-electron chi connectivity index (χ4n) is 1.14. The summed E-state index contributed by atoms with van der Waals surface area (Å²) in [5, 5.41) is 15.3. The van der Waals surface area contributed by atoms with E-state index in [1.807, 2.05) is 42.5 Å². The first-order valence-corrected chi connectivity index (χ1v) is 5.16. The molecule has 1 aromatic carbocycles. The molecule has 0 aliphatic rings. The number of carboxylic acids is 1. The molecule has 2 aromatic rings. The zero-order chi connectivity index (χ0) is 13.2. The Bertz CT molecular complexity index is 463. The van der Waals surface area contributed by atoms with Gasteiger partial charge in [0, 0.05) is 27.3 Å². The Morgan fingerprint density at radius 1 is 1.21 bits per heavy atom. The van der Waals surface area contributed by atoms with Gasteiger partial charge in [0.25, 0.3) is 0 Å². The minimum Gasteiger partial charge on any atom is -0.515 e. The van der Waals surface area contributed by atoms with Crippen molar-refractivity contribution in [1.29, 1.82) is 0 Å². The molecule has 0 atom stereocenters. The molecule has 5 heteroatoms. The van der Waals surface area contributed by atoms with Gasteiger partial charge in [0.1, 0.15) is 0 Å². The third-order valence-corrected chi connectivity index (χ3v) is 1.87. The van der Waals surface area contributed by atoms with Crippen molar-refractivity contribution in [2.24, 2.45) is 0 Å². The molecule has 0 saturated carbocycles. The molecule has 102 valence electrons. The van der Waals surface area contributed by atoms with Crippen LogP contribution in [0.5, 0.6) is 0 Å². The van der Waals surface area contributed by atoms with Crippen LogP contribution >= 0.6 is 0 Å². The molecule has 0 saturated heterocycles. The van der Waals surface area contributed by atoms with Gasteiger partial charge in [-0.05, 0) is 11.8 Å². The predicted molar refractivity (Wildman–Crippen MR) is 67.9 cm³/mol. The Hall–Kier alpha value is -1.93. The molecular formula is C14H12NO3Pt-. The van der Waals surface area contributed by atoms with Crippen LogP contribution in [0.2, 0.25) is 0 Å². The van der Waals surface area contributed by atoms with Crippen LogP contribution in [0.1, 0.15) is 0 Å². The van der Waals surface area contributed by atoms with Crippen molar-refractivity contribution < 1.29 is 36.1 Å². The van der Waals surface area contributed by atoms with Crippen LogP contribution in [0.15, 0.2) is 61.0 Å². The maximum Gasteiger partial charge on any atom is 0.331 e. The largest absolute Gasteiger partial charge is 0.515 e. The summed E-state index contributed by atoms with van der Waals surface area (Å²) in [6, 6.07) is 16.8. The Labute approximate surface area is 125 Å². The number of nitrogens with zero attached hydrogens (tertiary/aromatic N) is 1. The molecule has 0 bridgehead atoms. The van der Waals surface area contributed by atoms with Gasteiger partial charge in [-0.2, -0.15) is 0 Å². The van der Waals surface area contributed by atoms with Crippen molar-refractivity contribution in [1.82, 2.24) is 4.98 Å². The quantitative estimate of drug-likeness (QED) is 0.431. The maximum atomic E-state index is 9.35.